The number of carboxylic acid groups (broad SMARTS) is 2. The summed E-state index contributed by atoms with van der Waals surface area (Å²) in [7, 11) is 0. The van der Waals surface area contributed by atoms with Crippen LogP contribution < -0.4 is 15.1 Å². The maximum atomic E-state index is 13.7. The number of benzene rings is 3. The van der Waals surface area contributed by atoms with Crippen molar-refractivity contribution in [1.82, 2.24) is 0 Å². The van der Waals surface area contributed by atoms with E-state index in [0.717, 1.165) is 45.4 Å². The zero-order chi connectivity index (χ0) is 23.0. The number of aromatic carboxylic acids is 2. The Morgan fingerprint density at radius 2 is 1.00 bits per heavy atom. The molecule has 3 aromatic rings. The number of imide groups is 1. The van der Waals surface area contributed by atoms with Crippen LogP contribution in [-0.2, 0) is 9.59 Å². The first-order valence-corrected chi connectivity index (χ1v) is 10.5. The van der Waals surface area contributed by atoms with E-state index in [-0.39, 0.29) is 17.5 Å². The molecule has 7 nitrogen and oxygen atoms in total. The highest BCUT2D eigenvalue weighted by Gasteiger charge is 2.61. The Bertz CT molecular complexity index is 1260. The first-order valence-electron chi connectivity index (χ1n) is 10.5. The van der Waals surface area contributed by atoms with Crippen molar-refractivity contribution in [3.05, 3.63) is 100 Å². The average Bonchev–Trinajstić information content (AvgIpc) is 3.09. The van der Waals surface area contributed by atoms with Gasteiger partial charge in [0.1, 0.15) is 0 Å². The van der Waals surface area contributed by atoms with Crippen LogP contribution in [0, 0.1) is 11.8 Å². The van der Waals surface area contributed by atoms with Crippen molar-refractivity contribution in [3.8, 4) is 0 Å². The molecule has 2 amide bonds. The second-order valence-corrected chi connectivity index (χ2v) is 8.62. The van der Waals surface area contributed by atoms with Crippen molar-refractivity contribution in [2.45, 2.75) is 11.8 Å². The van der Waals surface area contributed by atoms with Gasteiger partial charge in [-0.3, -0.25) is 9.59 Å². The number of nitrogens with zero attached hydrogens (tertiary/aromatic N) is 1. The third kappa shape index (κ3) is 2.50. The number of anilines is 1. The molecule has 2 atom stereocenters. The van der Waals surface area contributed by atoms with Gasteiger partial charge in [-0.05, 0) is 51.6 Å². The third-order valence-corrected chi connectivity index (χ3v) is 7.10. The molecular formula is C26H15NO6-2. The second kappa shape index (κ2) is 6.62. The van der Waals surface area contributed by atoms with Gasteiger partial charge in [0.05, 0.1) is 29.5 Å². The van der Waals surface area contributed by atoms with Gasteiger partial charge in [0.25, 0.3) is 0 Å². The molecule has 7 rings (SSSR count). The summed E-state index contributed by atoms with van der Waals surface area (Å²) in [4.78, 5) is 51.3. The van der Waals surface area contributed by atoms with Crippen LogP contribution in [0.5, 0.6) is 0 Å². The van der Waals surface area contributed by atoms with Crippen LogP contribution in [0.15, 0.2) is 66.7 Å². The summed E-state index contributed by atoms with van der Waals surface area (Å²) in [5.41, 5.74) is 3.02. The van der Waals surface area contributed by atoms with Gasteiger partial charge in [0.2, 0.25) is 11.8 Å². The standard InChI is InChI=1S/C26H17NO6/c28-23-21-19-15-5-1-2-6-16(15)20(18-8-4-3-7-17(18)19)22(21)24(29)27(23)14-10-12(25(30)31)9-13(11-14)26(32)33/h1-11,19-22H,(H,30,31)(H,32,33)/p-2/t19?,20?,21-,22-/m0/s1. The van der Waals surface area contributed by atoms with E-state index in [1.807, 2.05) is 48.5 Å². The highest BCUT2D eigenvalue weighted by Crippen LogP contribution is 2.61. The number of amides is 2. The zero-order valence-electron chi connectivity index (χ0n) is 17.1. The summed E-state index contributed by atoms with van der Waals surface area (Å²) in [5.74, 6) is -6.13. The lowest BCUT2D eigenvalue weighted by Gasteiger charge is -2.45. The fourth-order valence-corrected chi connectivity index (χ4v) is 5.91. The van der Waals surface area contributed by atoms with Crippen LogP contribution in [0.25, 0.3) is 0 Å². The molecule has 4 aliphatic rings. The summed E-state index contributed by atoms with van der Waals surface area (Å²) in [6, 6.07) is 18.6. The van der Waals surface area contributed by atoms with Crippen LogP contribution >= 0.6 is 0 Å². The summed E-state index contributed by atoms with van der Waals surface area (Å²) in [6.07, 6.45) is 0. The van der Waals surface area contributed by atoms with E-state index in [1.165, 1.54) is 0 Å². The van der Waals surface area contributed by atoms with E-state index in [1.54, 1.807) is 0 Å². The van der Waals surface area contributed by atoms with E-state index in [0.29, 0.717) is 0 Å². The lowest BCUT2D eigenvalue weighted by molar-refractivity contribution is -0.255. The van der Waals surface area contributed by atoms with Crippen LogP contribution in [-0.4, -0.2) is 23.8 Å². The van der Waals surface area contributed by atoms with Crippen molar-refractivity contribution in [3.63, 3.8) is 0 Å². The fraction of sp³-hybridized carbons (Fsp3) is 0.154. The summed E-state index contributed by atoms with van der Waals surface area (Å²) < 4.78 is 0. The Morgan fingerprint density at radius 1 is 0.636 bits per heavy atom. The van der Waals surface area contributed by atoms with E-state index < -0.39 is 46.7 Å². The molecule has 3 aromatic carbocycles. The lowest BCUT2D eigenvalue weighted by atomic mass is 9.55. The molecule has 2 bridgehead atoms. The van der Waals surface area contributed by atoms with Crippen molar-refractivity contribution >= 4 is 29.4 Å². The summed E-state index contributed by atoms with van der Waals surface area (Å²) in [6.45, 7) is 0. The SMILES string of the molecule is O=C([O-])c1cc(C(=O)[O-])cc(N2C(=O)[C@H]3C4c5ccccc5C(c5ccccc54)[C@@H]3C2=O)c1. The van der Waals surface area contributed by atoms with E-state index in [2.05, 4.69) is 0 Å². The normalized spacial score (nSPS) is 24.3. The molecule has 1 aliphatic heterocycles. The Morgan fingerprint density at radius 3 is 1.33 bits per heavy atom. The molecule has 0 spiro atoms. The van der Waals surface area contributed by atoms with Crippen LogP contribution in [0.4, 0.5) is 5.69 Å². The predicted molar refractivity (Wildman–Crippen MR) is 111 cm³/mol. The number of rotatable bonds is 3. The molecule has 7 heteroatoms. The number of carbonyl (C=O) groups excluding carboxylic acids is 4. The van der Waals surface area contributed by atoms with Gasteiger partial charge in [-0.15, -0.1) is 0 Å². The molecule has 1 saturated heterocycles. The second-order valence-electron chi connectivity index (χ2n) is 8.62. The van der Waals surface area contributed by atoms with Gasteiger partial charge in [-0.1, -0.05) is 48.5 Å². The van der Waals surface area contributed by atoms with Gasteiger partial charge >= 0.3 is 0 Å². The van der Waals surface area contributed by atoms with Crippen molar-refractivity contribution in [2.24, 2.45) is 11.8 Å². The van der Waals surface area contributed by atoms with Crippen molar-refractivity contribution in [1.29, 1.82) is 0 Å². The molecule has 0 unspecified atom stereocenters. The largest absolute Gasteiger partial charge is 0.545 e. The van der Waals surface area contributed by atoms with Crippen LogP contribution in [0.3, 0.4) is 0 Å². The van der Waals surface area contributed by atoms with Crippen LogP contribution in [0.1, 0.15) is 54.8 Å². The molecule has 1 fully saturated rings. The Kier molecular flexibility index (Phi) is 3.90. The Labute approximate surface area is 187 Å². The minimum atomic E-state index is -1.62. The molecule has 1 heterocycles. The lowest BCUT2D eigenvalue weighted by Crippen LogP contribution is -2.41. The Hall–Kier alpha value is -4.26. The zero-order valence-corrected chi connectivity index (χ0v) is 17.1. The first kappa shape index (κ1) is 19.4. The maximum absolute atomic E-state index is 13.7. The van der Waals surface area contributed by atoms with Crippen molar-refractivity contribution in [2.75, 3.05) is 4.90 Å². The van der Waals surface area contributed by atoms with Gasteiger partial charge in [-0.25, -0.2) is 4.90 Å². The highest BCUT2D eigenvalue weighted by atomic mass is 16.4. The molecule has 0 aromatic heterocycles. The maximum Gasteiger partial charge on any atom is 0.238 e. The van der Waals surface area contributed by atoms with Crippen LogP contribution in [0.2, 0.25) is 0 Å². The van der Waals surface area contributed by atoms with E-state index >= 15 is 0 Å². The average molecular weight is 437 g/mol. The number of hydrogen-bond acceptors (Lipinski definition) is 6. The van der Waals surface area contributed by atoms with Crippen molar-refractivity contribution < 1.29 is 29.4 Å². The summed E-state index contributed by atoms with van der Waals surface area (Å²) in [5, 5.41) is 22.9. The molecule has 0 N–H and O–H groups in total. The molecular weight excluding hydrogens is 422 g/mol. The molecule has 3 aliphatic carbocycles. The van der Waals surface area contributed by atoms with E-state index in [9.17, 15) is 29.4 Å². The first-order chi connectivity index (χ1) is 15.9. The molecule has 0 saturated carbocycles. The number of hydrogen-bond donors (Lipinski definition) is 0. The predicted octanol–water partition coefficient (Wildman–Crippen LogP) is 0.810. The van der Waals surface area contributed by atoms with E-state index in [4.69, 9.17) is 0 Å². The summed E-state index contributed by atoms with van der Waals surface area (Å²) >= 11 is 0. The highest BCUT2D eigenvalue weighted by molar-refractivity contribution is 6.24. The molecule has 162 valence electrons. The molecule has 33 heavy (non-hydrogen) atoms. The fourth-order valence-electron chi connectivity index (χ4n) is 5.91. The Balaban J connectivity index is 1.54. The number of carbonyl (C=O) groups is 4. The molecule has 0 radical (unpaired) electrons. The monoisotopic (exact) mass is 437 g/mol. The topological polar surface area (TPSA) is 118 Å². The van der Waals surface area contributed by atoms with Gasteiger partial charge in [0, 0.05) is 11.8 Å². The van der Waals surface area contributed by atoms with Gasteiger partial charge < -0.3 is 19.8 Å². The quantitative estimate of drug-likeness (QED) is 0.560. The van der Waals surface area contributed by atoms with Gasteiger partial charge in [0.15, 0.2) is 0 Å². The minimum absolute atomic E-state index is 0.104. The third-order valence-electron chi connectivity index (χ3n) is 7.10. The smallest absolute Gasteiger partial charge is 0.238 e. The number of carboxylic acids is 2. The van der Waals surface area contributed by atoms with Gasteiger partial charge in [-0.2, -0.15) is 0 Å². The minimum Gasteiger partial charge on any atom is -0.545 e.